The van der Waals surface area contributed by atoms with Gasteiger partial charge in [0.05, 0.1) is 10.2 Å². The molecule has 0 radical (unpaired) electrons. The maximum atomic E-state index is 14.0. The van der Waals surface area contributed by atoms with Crippen LogP contribution in [0.1, 0.15) is 18.4 Å². The summed E-state index contributed by atoms with van der Waals surface area (Å²) in [6.07, 6.45) is 0.911. The molecule has 2 aromatic carbocycles. The van der Waals surface area contributed by atoms with Crippen LogP contribution in [0.25, 0.3) is 10.2 Å². The molecule has 0 saturated carbocycles. The highest BCUT2D eigenvalue weighted by atomic mass is 32.2. The molecule has 1 aromatic heterocycles. The van der Waals surface area contributed by atoms with Gasteiger partial charge in [-0.3, -0.25) is 4.79 Å². The highest BCUT2D eigenvalue weighted by molar-refractivity contribution is 7.89. The fourth-order valence-electron chi connectivity index (χ4n) is 3.34. The highest BCUT2D eigenvalue weighted by Crippen LogP contribution is 2.30. The Morgan fingerprint density at radius 1 is 1.29 bits per heavy atom. The van der Waals surface area contributed by atoms with E-state index in [9.17, 15) is 17.6 Å². The lowest BCUT2D eigenvalue weighted by Crippen LogP contribution is -2.43. The Hall–Kier alpha value is -2.36. The number of carbonyl (C=O) groups is 1. The number of nitrogens with zero attached hydrogens (tertiary/aromatic N) is 2. The predicted molar refractivity (Wildman–Crippen MR) is 106 cm³/mol. The first-order valence-electron chi connectivity index (χ1n) is 8.81. The van der Waals surface area contributed by atoms with E-state index in [4.69, 9.17) is 0 Å². The molecule has 28 heavy (non-hydrogen) atoms. The van der Waals surface area contributed by atoms with Crippen molar-refractivity contribution >= 4 is 42.6 Å². The van der Waals surface area contributed by atoms with Crippen molar-refractivity contribution in [2.24, 2.45) is 0 Å². The molecule has 2 heterocycles. The van der Waals surface area contributed by atoms with E-state index >= 15 is 0 Å². The van der Waals surface area contributed by atoms with Gasteiger partial charge in [-0.05, 0) is 49.6 Å². The molecule has 4 rings (SSSR count). The molecule has 3 aromatic rings. The Bertz CT molecular complexity index is 1160. The second kappa shape index (κ2) is 7.23. The Morgan fingerprint density at radius 2 is 2.07 bits per heavy atom. The maximum Gasteiger partial charge on any atom is 0.246 e. The third-order valence-corrected chi connectivity index (χ3v) is 7.58. The number of aryl methyl sites for hydroxylation is 1. The van der Waals surface area contributed by atoms with Crippen molar-refractivity contribution in [3.8, 4) is 0 Å². The van der Waals surface area contributed by atoms with Gasteiger partial charge in [0.15, 0.2) is 5.13 Å². The van der Waals surface area contributed by atoms with Gasteiger partial charge in [-0.25, -0.2) is 17.8 Å². The molecule has 9 heteroatoms. The van der Waals surface area contributed by atoms with E-state index in [1.807, 2.05) is 25.1 Å². The summed E-state index contributed by atoms with van der Waals surface area (Å²) >= 11 is 1.34. The molecule has 1 fully saturated rings. The van der Waals surface area contributed by atoms with Crippen LogP contribution in [0.4, 0.5) is 9.52 Å². The van der Waals surface area contributed by atoms with Crippen molar-refractivity contribution in [2.45, 2.75) is 30.7 Å². The highest BCUT2D eigenvalue weighted by Gasteiger charge is 2.40. The van der Waals surface area contributed by atoms with Crippen LogP contribution in [0.3, 0.4) is 0 Å². The number of rotatable bonds is 4. The number of amides is 1. The number of hydrogen-bond acceptors (Lipinski definition) is 5. The van der Waals surface area contributed by atoms with Crippen LogP contribution >= 0.6 is 11.3 Å². The van der Waals surface area contributed by atoms with E-state index in [1.165, 1.54) is 29.5 Å². The zero-order chi connectivity index (χ0) is 19.9. The summed E-state index contributed by atoms with van der Waals surface area (Å²) < 4.78 is 41.9. The lowest BCUT2D eigenvalue weighted by atomic mass is 10.2. The SMILES string of the molecule is Cc1ccc2nc(NC(=O)C3CCCN3S(=O)(=O)c3ccccc3F)sc2c1. The van der Waals surface area contributed by atoms with Gasteiger partial charge >= 0.3 is 0 Å². The van der Waals surface area contributed by atoms with E-state index < -0.39 is 32.7 Å². The number of thiazole rings is 1. The molecule has 1 aliphatic heterocycles. The predicted octanol–water partition coefficient (Wildman–Crippen LogP) is 3.54. The molecule has 146 valence electrons. The second-order valence-electron chi connectivity index (χ2n) is 6.68. The third-order valence-electron chi connectivity index (χ3n) is 4.70. The summed E-state index contributed by atoms with van der Waals surface area (Å²) in [4.78, 5) is 16.8. The topological polar surface area (TPSA) is 79.4 Å². The molecule has 1 N–H and O–H groups in total. The summed E-state index contributed by atoms with van der Waals surface area (Å²) in [7, 11) is -4.11. The van der Waals surface area contributed by atoms with Crippen LogP contribution in [-0.2, 0) is 14.8 Å². The summed E-state index contributed by atoms with van der Waals surface area (Å²) in [5, 5.41) is 3.15. The second-order valence-corrected chi connectivity index (χ2v) is 9.57. The van der Waals surface area contributed by atoms with Gasteiger partial charge < -0.3 is 5.32 Å². The summed E-state index contributed by atoms with van der Waals surface area (Å²) in [5.41, 5.74) is 1.86. The first-order chi connectivity index (χ1) is 13.4. The first-order valence-corrected chi connectivity index (χ1v) is 11.1. The van der Waals surface area contributed by atoms with E-state index in [0.717, 1.165) is 26.2 Å². The summed E-state index contributed by atoms with van der Waals surface area (Å²) in [5.74, 6) is -1.27. The normalized spacial score (nSPS) is 17.9. The third kappa shape index (κ3) is 3.41. The number of benzene rings is 2. The molecular formula is C19H18FN3O3S2. The van der Waals surface area contributed by atoms with Crippen LogP contribution in [-0.4, -0.2) is 36.2 Å². The number of carbonyl (C=O) groups excluding carboxylic acids is 1. The average Bonchev–Trinajstić information content (AvgIpc) is 3.28. The van der Waals surface area contributed by atoms with Gasteiger partial charge in [0.25, 0.3) is 0 Å². The van der Waals surface area contributed by atoms with Crippen molar-refractivity contribution < 1.29 is 17.6 Å². The molecule has 1 atom stereocenters. The van der Waals surface area contributed by atoms with Gasteiger partial charge in [-0.15, -0.1) is 0 Å². The van der Waals surface area contributed by atoms with Crippen molar-refractivity contribution in [1.29, 1.82) is 0 Å². The standard InChI is InChI=1S/C19H18FN3O3S2/c1-12-8-9-14-16(11-12)27-19(21-14)22-18(24)15-6-4-10-23(15)28(25,26)17-7-3-2-5-13(17)20/h2-3,5,7-9,11,15H,4,6,10H2,1H3,(H,21,22,24). The number of sulfonamides is 1. The molecule has 1 aliphatic rings. The Balaban J connectivity index is 1.58. The van der Waals surface area contributed by atoms with Crippen molar-refractivity contribution in [1.82, 2.24) is 9.29 Å². The van der Waals surface area contributed by atoms with Crippen LogP contribution in [0.5, 0.6) is 0 Å². The van der Waals surface area contributed by atoms with Gasteiger partial charge in [0.1, 0.15) is 16.8 Å². The maximum absolute atomic E-state index is 14.0. The first kappa shape index (κ1) is 19.0. The lowest BCUT2D eigenvalue weighted by Gasteiger charge is -2.23. The van der Waals surface area contributed by atoms with Gasteiger partial charge in [-0.2, -0.15) is 4.31 Å². The molecule has 1 amide bonds. The fourth-order valence-corrected chi connectivity index (χ4v) is 6.03. The zero-order valence-corrected chi connectivity index (χ0v) is 16.7. The quantitative estimate of drug-likeness (QED) is 0.702. The molecule has 0 aliphatic carbocycles. The minimum Gasteiger partial charge on any atom is -0.301 e. The van der Waals surface area contributed by atoms with E-state index in [2.05, 4.69) is 10.3 Å². The largest absolute Gasteiger partial charge is 0.301 e. The number of nitrogens with one attached hydrogen (secondary N) is 1. The van der Waals surface area contributed by atoms with Crippen LogP contribution in [0.2, 0.25) is 0 Å². The molecular weight excluding hydrogens is 401 g/mol. The minimum atomic E-state index is -4.11. The van der Waals surface area contributed by atoms with Crippen molar-refractivity contribution in [3.63, 3.8) is 0 Å². The Labute approximate surface area is 166 Å². The lowest BCUT2D eigenvalue weighted by molar-refractivity contribution is -0.119. The number of halogens is 1. The van der Waals surface area contributed by atoms with Gasteiger partial charge in [0.2, 0.25) is 15.9 Å². The number of fused-ring (bicyclic) bond motifs is 1. The van der Waals surface area contributed by atoms with E-state index in [-0.39, 0.29) is 6.54 Å². The van der Waals surface area contributed by atoms with Gasteiger partial charge in [-0.1, -0.05) is 29.5 Å². The number of anilines is 1. The summed E-state index contributed by atoms with van der Waals surface area (Å²) in [6.45, 7) is 2.15. The summed E-state index contributed by atoms with van der Waals surface area (Å²) in [6, 6.07) is 10.1. The monoisotopic (exact) mass is 419 g/mol. The fraction of sp³-hybridized carbons (Fsp3) is 0.263. The number of aromatic nitrogens is 1. The minimum absolute atomic E-state index is 0.174. The van der Waals surface area contributed by atoms with Crippen LogP contribution in [0, 0.1) is 12.7 Å². The van der Waals surface area contributed by atoms with Gasteiger partial charge in [0, 0.05) is 6.54 Å². The number of hydrogen-bond donors (Lipinski definition) is 1. The van der Waals surface area contributed by atoms with Crippen molar-refractivity contribution in [3.05, 3.63) is 53.8 Å². The zero-order valence-electron chi connectivity index (χ0n) is 15.1. The Morgan fingerprint density at radius 3 is 2.86 bits per heavy atom. The van der Waals surface area contributed by atoms with Crippen LogP contribution in [0.15, 0.2) is 47.4 Å². The Kier molecular flexibility index (Phi) is 4.90. The van der Waals surface area contributed by atoms with E-state index in [1.54, 1.807) is 0 Å². The molecule has 1 saturated heterocycles. The molecule has 6 nitrogen and oxygen atoms in total. The van der Waals surface area contributed by atoms with E-state index in [0.29, 0.717) is 18.0 Å². The molecule has 1 unspecified atom stereocenters. The van der Waals surface area contributed by atoms with Crippen LogP contribution < -0.4 is 5.32 Å². The molecule has 0 bridgehead atoms. The molecule has 0 spiro atoms. The average molecular weight is 420 g/mol. The smallest absolute Gasteiger partial charge is 0.246 e. The van der Waals surface area contributed by atoms with Crippen molar-refractivity contribution in [2.75, 3.05) is 11.9 Å².